The van der Waals surface area contributed by atoms with E-state index in [0.717, 1.165) is 18.8 Å². The van der Waals surface area contributed by atoms with Crippen LogP contribution < -0.4 is 5.32 Å². The minimum absolute atomic E-state index is 0.0542. The summed E-state index contributed by atoms with van der Waals surface area (Å²) < 4.78 is 3.98. The number of aromatic nitrogens is 3. The molecule has 0 saturated heterocycles. The number of aryl methyl sites for hydroxylation is 2. The minimum Gasteiger partial charge on any atom is -0.354 e. The summed E-state index contributed by atoms with van der Waals surface area (Å²) in [6.07, 6.45) is 8.46. The predicted molar refractivity (Wildman–Crippen MR) is 73.7 cm³/mol. The molecule has 2 heterocycles. The molecule has 1 N–H and O–H groups in total. The smallest absolute Gasteiger partial charge is 0.242 e. The number of amides is 1. The van der Waals surface area contributed by atoms with Gasteiger partial charge in [-0.2, -0.15) is 0 Å². The quantitative estimate of drug-likeness (QED) is 0.805. The topological polar surface area (TPSA) is 51.9 Å². The molecule has 19 heavy (non-hydrogen) atoms. The fourth-order valence-electron chi connectivity index (χ4n) is 1.99. The summed E-state index contributed by atoms with van der Waals surface area (Å²) in [4.78, 5) is 16.1. The van der Waals surface area contributed by atoms with E-state index >= 15 is 0 Å². The van der Waals surface area contributed by atoms with Crippen LogP contribution >= 0.6 is 0 Å². The van der Waals surface area contributed by atoms with Crippen molar-refractivity contribution in [2.24, 2.45) is 0 Å². The second kappa shape index (κ2) is 6.22. The maximum Gasteiger partial charge on any atom is 0.242 e. The Morgan fingerprint density at radius 3 is 2.74 bits per heavy atom. The Kier molecular flexibility index (Phi) is 4.39. The Hall–Kier alpha value is -2.04. The maximum atomic E-state index is 11.9. The van der Waals surface area contributed by atoms with Gasteiger partial charge in [-0.05, 0) is 32.4 Å². The zero-order valence-corrected chi connectivity index (χ0v) is 11.4. The van der Waals surface area contributed by atoms with Crippen molar-refractivity contribution in [1.82, 2.24) is 19.4 Å². The van der Waals surface area contributed by atoms with Gasteiger partial charge in [-0.25, -0.2) is 4.98 Å². The Bertz CT molecular complexity index is 515. The predicted octanol–water partition coefficient (Wildman–Crippen LogP) is 1.76. The minimum atomic E-state index is -0.162. The second-order valence-corrected chi connectivity index (χ2v) is 4.62. The molecule has 0 unspecified atom stereocenters. The van der Waals surface area contributed by atoms with Gasteiger partial charge in [0.05, 0.1) is 0 Å². The Morgan fingerprint density at radius 2 is 2.11 bits per heavy atom. The number of carbonyl (C=O) groups excluding carboxylic acids is 1. The molecule has 2 aromatic rings. The van der Waals surface area contributed by atoms with Gasteiger partial charge in [0.1, 0.15) is 11.9 Å². The van der Waals surface area contributed by atoms with Gasteiger partial charge in [0.25, 0.3) is 0 Å². The molecule has 0 spiro atoms. The molecular formula is C14H20N4O. The maximum absolute atomic E-state index is 11.9. The second-order valence-electron chi connectivity index (χ2n) is 4.62. The molecule has 0 aromatic carbocycles. The third kappa shape index (κ3) is 3.47. The lowest BCUT2D eigenvalue weighted by atomic mass is 10.3. The highest BCUT2D eigenvalue weighted by molar-refractivity contribution is 5.79. The van der Waals surface area contributed by atoms with Gasteiger partial charge in [-0.15, -0.1) is 0 Å². The van der Waals surface area contributed by atoms with E-state index in [9.17, 15) is 4.79 Å². The third-order valence-corrected chi connectivity index (χ3v) is 3.25. The Balaban J connectivity index is 1.71. The number of imidazole rings is 1. The van der Waals surface area contributed by atoms with Crippen LogP contribution in [0.4, 0.5) is 0 Å². The molecule has 0 radical (unpaired) electrons. The first kappa shape index (κ1) is 13.4. The van der Waals surface area contributed by atoms with Crippen molar-refractivity contribution >= 4 is 5.91 Å². The number of hydrogen-bond donors (Lipinski definition) is 1. The van der Waals surface area contributed by atoms with Gasteiger partial charge < -0.3 is 14.5 Å². The summed E-state index contributed by atoms with van der Waals surface area (Å²) in [5, 5.41) is 2.96. The molecule has 1 atom stereocenters. The van der Waals surface area contributed by atoms with E-state index in [0.29, 0.717) is 6.54 Å². The van der Waals surface area contributed by atoms with Crippen molar-refractivity contribution in [3.8, 4) is 0 Å². The van der Waals surface area contributed by atoms with Gasteiger partial charge in [0, 0.05) is 37.9 Å². The van der Waals surface area contributed by atoms with Gasteiger partial charge >= 0.3 is 0 Å². The van der Waals surface area contributed by atoms with Gasteiger partial charge in [-0.3, -0.25) is 4.79 Å². The number of carbonyl (C=O) groups is 1. The zero-order valence-electron chi connectivity index (χ0n) is 11.4. The van der Waals surface area contributed by atoms with E-state index in [2.05, 4.69) is 14.9 Å². The highest BCUT2D eigenvalue weighted by Crippen LogP contribution is 2.05. The van der Waals surface area contributed by atoms with Crippen molar-refractivity contribution in [2.45, 2.75) is 32.9 Å². The molecule has 5 nitrogen and oxygen atoms in total. The summed E-state index contributed by atoms with van der Waals surface area (Å²) in [7, 11) is 0. The van der Waals surface area contributed by atoms with Gasteiger partial charge in [0.15, 0.2) is 0 Å². The third-order valence-electron chi connectivity index (χ3n) is 3.25. The van der Waals surface area contributed by atoms with E-state index < -0.39 is 0 Å². The SMILES string of the molecule is Cc1nccn1CCCNC(=O)[C@H](C)n1cccc1. The average molecular weight is 260 g/mol. The molecule has 0 fully saturated rings. The van der Waals surface area contributed by atoms with Gasteiger partial charge in [-0.1, -0.05) is 0 Å². The summed E-state index contributed by atoms with van der Waals surface area (Å²) >= 11 is 0. The van der Waals surface area contributed by atoms with E-state index in [1.165, 1.54) is 0 Å². The first-order valence-corrected chi connectivity index (χ1v) is 6.56. The van der Waals surface area contributed by atoms with Crippen LogP contribution in [-0.2, 0) is 11.3 Å². The lowest BCUT2D eigenvalue weighted by Crippen LogP contribution is -2.31. The van der Waals surface area contributed by atoms with E-state index in [1.807, 2.05) is 49.1 Å². The largest absolute Gasteiger partial charge is 0.354 e. The monoisotopic (exact) mass is 260 g/mol. The lowest BCUT2D eigenvalue weighted by molar-refractivity contribution is -0.123. The van der Waals surface area contributed by atoms with Crippen LogP contribution in [0.5, 0.6) is 0 Å². The number of nitrogens with one attached hydrogen (secondary N) is 1. The van der Waals surface area contributed by atoms with E-state index in [-0.39, 0.29) is 11.9 Å². The fraction of sp³-hybridized carbons (Fsp3) is 0.429. The molecule has 0 aliphatic carbocycles. The highest BCUT2D eigenvalue weighted by atomic mass is 16.2. The molecule has 2 aromatic heterocycles. The fourth-order valence-corrected chi connectivity index (χ4v) is 1.99. The van der Waals surface area contributed by atoms with Crippen molar-refractivity contribution in [2.75, 3.05) is 6.54 Å². The van der Waals surface area contributed by atoms with Crippen molar-refractivity contribution in [3.05, 3.63) is 42.7 Å². The molecule has 0 bridgehead atoms. The van der Waals surface area contributed by atoms with Crippen LogP contribution in [0.3, 0.4) is 0 Å². The molecule has 2 rings (SSSR count). The van der Waals surface area contributed by atoms with Crippen molar-refractivity contribution in [3.63, 3.8) is 0 Å². The summed E-state index contributed by atoms with van der Waals surface area (Å²) in [6.45, 7) is 5.44. The van der Waals surface area contributed by atoms with Crippen LogP contribution in [0, 0.1) is 6.92 Å². The first-order chi connectivity index (χ1) is 9.18. The van der Waals surface area contributed by atoms with Gasteiger partial charge in [0.2, 0.25) is 5.91 Å². The zero-order chi connectivity index (χ0) is 13.7. The average Bonchev–Trinajstić information content (AvgIpc) is 3.05. The molecule has 5 heteroatoms. The number of nitrogens with zero attached hydrogens (tertiary/aromatic N) is 3. The molecule has 0 aliphatic heterocycles. The molecule has 102 valence electrons. The van der Waals surface area contributed by atoms with Crippen LogP contribution in [0.25, 0.3) is 0 Å². The summed E-state index contributed by atoms with van der Waals surface area (Å²) in [5.41, 5.74) is 0. The molecule has 0 saturated carbocycles. The molecule has 1 amide bonds. The first-order valence-electron chi connectivity index (χ1n) is 6.56. The van der Waals surface area contributed by atoms with Crippen LogP contribution in [-0.4, -0.2) is 26.6 Å². The normalized spacial score (nSPS) is 12.3. The van der Waals surface area contributed by atoms with E-state index in [1.54, 1.807) is 6.20 Å². The molecular weight excluding hydrogens is 240 g/mol. The number of rotatable bonds is 6. The van der Waals surface area contributed by atoms with Crippen LogP contribution in [0.1, 0.15) is 25.2 Å². The summed E-state index contributed by atoms with van der Waals surface area (Å²) in [5.74, 6) is 1.06. The van der Waals surface area contributed by atoms with Crippen LogP contribution in [0.2, 0.25) is 0 Å². The van der Waals surface area contributed by atoms with Crippen LogP contribution in [0.15, 0.2) is 36.9 Å². The van der Waals surface area contributed by atoms with Crippen molar-refractivity contribution in [1.29, 1.82) is 0 Å². The lowest BCUT2D eigenvalue weighted by Gasteiger charge is -2.14. The standard InChI is InChI=1S/C14H20N4O/c1-12(17-8-3-4-9-17)14(19)16-6-5-10-18-11-7-15-13(18)2/h3-4,7-9,11-12H,5-6,10H2,1-2H3,(H,16,19)/t12-/m0/s1. The Morgan fingerprint density at radius 1 is 1.37 bits per heavy atom. The summed E-state index contributed by atoms with van der Waals surface area (Å²) in [6, 6.07) is 3.68. The highest BCUT2D eigenvalue weighted by Gasteiger charge is 2.12. The molecule has 0 aliphatic rings. The van der Waals surface area contributed by atoms with E-state index in [4.69, 9.17) is 0 Å². The van der Waals surface area contributed by atoms with Crippen molar-refractivity contribution < 1.29 is 4.79 Å². The number of hydrogen-bond acceptors (Lipinski definition) is 2. The Labute approximate surface area is 113 Å².